The first-order valence-corrected chi connectivity index (χ1v) is 9.22. The van der Waals surface area contributed by atoms with Gasteiger partial charge in [-0.05, 0) is 45.4 Å². The van der Waals surface area contributed by atoms with Crippen LogP contribution in [0.1, 0.15) is 52.4 Å². The molecule has 3 aliphatic rings. The standard InChI is InChI=1S/C16H28N2OS/c1-16(2)11-18(9-10-20-16)15(19)14-8-7-12-5-3-4-6-13(12)17-14/h12-14,17H,3-11H2,1-2H3. The Kier molecular flexibility index (Phi) is 4.32. The molecule has 2 saturated heterocycles. The van der Waals surface area contributed by atoms with Gasteiger partial charge in [0, 0.05) is 29.6 Å². The Morgan fingerprint density at radius 1 is 1.20 bits per heavy atom. The minimum Gasteiger partial charge on any atom is -0.339 e. The third-order valence-corrected chi connectivity index (χ3v) is 6.48. The van der Waals surface area contributed by atoms with E-state index in [9.17, 15) is 4.79 Å². The molecule has 2 heterocycles. The summed E-state index contributed by atoms with van der Waals surface area (Å²) in [6, 6.07) is 0.701. The molecule has 1 aliphatic carbocycles. The predicted molar refractivity (Wildman–Crippen MR) is 85.0 cm³/mol. The quantitative estimate of drug-likeness (QED) is 0.807. The van der Waals surface area contributed by atoms with Gasteiger partial charge >= 0.3 is 0 Å². The second kappa shape index (κ2) is 5.88. The fourth-order valence-corrected chi connectivity index (χ4v) is 5.23. The van der Waals surface area contributed by atoms with E-state index in [2.05, 4.69) is 24.1 Å². The Balaban J connectivity index is 1.60. The third kappa shape index (κ3) is 3.16. The van der Waals surface area contributed by atoms with Crippen LogP contribution < -0.4 is 5.32 Å². The lowest BCUT2D eigenvalue weighted by atomic mass is 9.77. The van der Waals surface area contributed by atoms with Crippen LogP contribution in [0.25, 0.3) is 0 Å². The first kappa shape index (κ1) is 14.7. The van der Waals surface area contributed by atoms with Crippen molar-refractivity contribution in [2.24, 2.45) is 5.92 Å². The number of carbonyl (C=O) groups excluding carboxylic acids is 1. The fraction of sp³-hybridized carbons (Fsp3) is 0.938. The molecule has 1 saturated carbocycles. The molecule has 3 rings (SSSR count). The largest absolute Gasteiger partial charge is 0.339 e. The average Bonchev–Trinajstić information content (AvgIpc) is 2.45. The van der Waals surface area contributed by atoms with E-state index in [4.69, 9.17) is 0 Å². The van der Waals surface area contributed by atoms with Gasteiger partial charge in [-0.2, -0.15) is 11.8 Å². The zero-order valence-corrected chi connectivity index (χ0v) is 13.7. The first-order valence-electron chi connectivity index (χ1n) is 8.24. The van der Waals surface area contributed by atoms with Crippen LogP contribution in [0, 0.1) is 5.92 Å². The number of hydrogen-bond acceptors (Lipinski definition) is 3. The number of nitrogens with one attached hydrogen (secondary N) is 1. The summed E-state index contributed by atoms with van der Waals surface area (Å²) in [4.78, 5) is 14.9. The highest BCUT2D eigenvalue weighted by molar-refractivity contribution is 8.00. The van der Waals surface area contributed by atoms with Crippen molar-refractivity contribution in [1.29, 1.82) is 0 Å². The first-order chi connectivity index (χ1) is 9.55. The van der Waals surface area contributed by atoms with Gasteiger partial charge in [0.05, 0.1) is 6.04 Å². The molecule has 2 aliphatic heterocycles. The minimum atomic E-state index is 0.0910. The Hall–Kier alpha value is -0.220. The van der Waals surface area contributed by atoms with Crippen molar-refractivity contribution in [1.82, 2.24) is 10.2 Å². The van der Waals surface area contributed by atoms with Gasteiger partial charge in [0.2, 0.25) is 5.91 Å². The van der Waals surface area contributed by atoms with Crippen molar-refractivity contribution >= 4 is 17.7 Å². The van der Waals surface area contributed by atoms with Gasteiger partial charge in [0.15, 0.2) is 0 Å². The monoisotopic (exact) mass is 296 g/mol. The summed E-state index contributed by atoms with van der Waals surface area (Å²) in [7, 11) is 0. The van der Waals surface area contributed by atoms with Crippen molar-refractivity contribution in [3.8, 4) is 0 Å². The zero-order valence-electron chi connectivity index (χ0n) is 12.9. The van der Waals surface area contributed by atoms with E-state index < -0.39 is 0 Å². The number of rotatable bonds is 1. The van der Waals surface area contributed by atoms with Crippen LogP contribution in [0.15, 0.2) is 0 Å². The predicted octanol–water partition coefficient (Wildman–Crippen LogP) is 2.65. The molecule has 0 aromatic carbocycles. The van der Waals surface area contributed by atoms with Gasteiger partial charge in [-0.25, -0.2) is 0 Å². The van der Waals surface area contributed by atoms with E-state index in [-0.39, 0.29) is 10.8 Å². The highest BCUT2D eigenvalue weighted by Crippen LogP contribution is 2.34. The summed E-state index contributed by atoms with van der Waals surface area (Å²) in [5.41, 5.74) is 0. The lowest BCUT2D eigenvalue weighted by Gasteiger charge is -2.43. The van der Waals surface area contributed by atoms with Crippen LogP contribution in [0.3, 0.4) is 0 Å². The molecule has 1 N–H and O–H groups in total. The lowest BCUT2D eigenvalue weighted by Crippen LogP contribution is -2.58. The number of nitrogens with zero attached hydrogens (tertiary/aromatic N) is 1. The molecule has 4 heteroatoms. The summed E-state index contributed by atoms with van der Waals surface area (Å²) in [6.07, 6.45) is 7.66. The number of piperidine rings is 1. The molecule has 0 bridgehead atoms. The van der Waals surface area contributed by atoms with Crippen molar-refractivity contribution in [3.05, 3.63) is 0 Å². The topological polar surface area (TPSA) is 32.3 Å². The summed E-state index contributed by atoms with van der Waals surface area (Å²) in [5.74, 6) is 2.28. The molecule has 3 atom stereocenters. The molecule has 0 spiro atoms. The van der Waals surface area contributed by atoms with Gasteiger partial charge in [-0.15, -0.1) is 0 Å². The lowest BCUT2D eigenvalue weighted by molar-refractivity contribution is -0.135. The molecular formula is C16H28N2OS. The number of thioether (sulfide) groups is 1. The SMILES string of the molecule is CC1(C)CN(C(=O)C2CCC3CCCCC3N2)CCS1. The van der Waals surface area contributed by atoms with E-state index in [1.54, 1.807) is 0 Å². The van der Waals surface area contributed by atoms with E-state index in [0.29, 0.717) is 11.9 Å². The Morgan fingerprint density at radius 2 is 2.00 bits per heavy atom. The van der Waals surface area contributed by atoms with Crippen molar-refractivity contribution < 1.29 is 4.79 Å². The maximum atomic E-state index is 12.8. The van der Waals surface area contributed by atoms with Crippen LogP contribution in [-0.4, -0.2) is 46.5 Å². The van der Waals surface area contributed by atoms with Gasteiger partial charge < -0.3 is 10.2 Å². The van der Waals surface area contributed by atoms with Crippen LogP contribution in [0.5, 0.6) is 0 Å². The van der Waals surface area contributed by atoms with Gasteiger partial charge in [-0.1, -0.05) is 12.8 Å². The molecule has 3 unspecified atom stereocenters. The third-order valence-electron chi connectivity index (χ3n) is 5.19. The van der Waals surface area contributed by atoms with E-state index >= 15 is 0 Å². The maximum absolute atomic E-state index is 12.8. The fourth-order valence-electron chi connectivity index (χ4n) is 4.11. The van der Waals surface area contributed by atoms with Crippen LogP contribution in [0.4, 0.5) is 0 Å². The smallest absolute Gasteiger partial charge is 0.239 e. The second-order valence-corrected chi connectivity index (χ2v) is 9.12. The molecular weight excluding hydrogens is 268 g/mol. The molecule has 3 nitrogen and oxygen atoms in total. The highest BCUT2D eigenvalue weighted by Gasteiger charge is 2.38. The van der Waals surface area contributed by atoms with E-state index in [1.165, 1.54) is 32.1 Å². The summed E-state index contributed by atoms with van der Waals surface area (Å²) in [6.45, 7) is 6.34. The van der Waals surface area contributed by atoms with E-state index in [0.717, 1.165) is 31.2 Å². The second-order valence-electron chi connectivity index (χ2n) is 7.32. The van der Waals surface area contributed by atoms with Crippen LogP contribution >= 0.6 is 11.8 Å². The Labute approximate surface area is 127 Å². The molecule has 0 radical (unpaired) electrons. The number of fused-ring (bicyclic) bond motifs is 1. The zero-order chi connectivity index (χ0) is 14.2. The molecule has 3 fully saturated rings. The van der Waals surface area contributed by atoms with Crippen molar-refractivity contribution in [2.75, 3.05) is 18.8 Å². The number of amides is 1. The number of hydrogen-bond donors (Lipinski definition) is 1. The molecule has 114 valence electrons. The van der Waals surface area contributed by atoms with Crippen molar-refractivity contribution in [2.45, 2.75) is 69.2 Å². The van der Waals surface area contributed by atoms with E-state index in [1.807, 2.05) is 11.8 Å². The maximum Gasteiger partial charge on any atom is 0.239 e. The molecule has 0 aromatic heterocycles. The Morgan fingerprint density at radius 3 is 2.80 bits per heavy atom. The summed E-state index contributed by atoms with van der Waals surface area (Å²) in [5, 5.41) is 3.68. The normalized spacial score (nSPS) is 37.3. The summed E-state index contributed by atoms with van der Waals surface area (Å²) >= 11 is 1.99. The van der Waals surface area contributed by atoms with Gasteiger partial charge in [0.1, 0.15) is 0 Å². The Bertz CT molecular complexity index is 371. The minimum absolute atomic E-state index is 0.0910. The van der Waals surface area contributed by atoms with Crippen LogP contribution in [0.2, 0.25) is 0 Å². The van der Waals surface area contributed by atoms with Crippen molar-refractivity contribution in [3.63, 3.8) is 0 Å². The van der Waals surface area contributed by atoms with Gasteiger partial charge in [0.25, 0.3) is 0 Å². The molecule has 0 aromatic rings. The van der Waals surface area contributed by atoms with Crippen LogP contribution in [-0.2, 0) is 4.79 Å². The molecule has 1 amide bonds. The van der Waals surface area contributed by atoms with Gasteiger partial charge in [-0.3, -0.25) is 4.79 Å². The summed E-state index contributed by atoms with van der Waals surface area (Å²) < 4.78 is 0.218. The average molecular weight is 296 g/mol. The molecule has 20 heavy (non-hydrogen) atoms. The highest BCUT2D eigenvalue weighted by atomic mass is 32.2. The number of carbonyl (C=O) groups is 1.